The molecule has 0 unspecified atom stereocenters. The molecule has 0 saturated carbocycles. The summed E-state index contributed by atoms with van der Waals surface area (Å²) in [4.78, 5) is 13.9. The lowest BCUT2D eigenvalue weighted by molar-refractivity contribution is -0.147. The second-order valence-corrected chi connectivity index (χ2v) is 4.24. The standard InChI is InChI=1S/C11H17NO2/c1-11(2,10(13)14)7-3-5-9-6-4-8-12-9/h4,6,8,12H,3,5,7H2,1-2H3,(H,13,14). The van der Waals surface area contributed by atoms with E-state index in [4.69, 9.17) is 5.11 Å². The van der Waals surface area contributed by atoms with Gasteiger partial charge in [-0.2, -0.15) is 0 Å². The molecule has 0 spiro atoms. The molecule has 3 nitrogen and oxygen atoms in total. The molecule has 0 aliphatic rings. The summed E-state index contributed by atoms with van der Waals surface area (Å²) in [6.07, 6.45) is 4.42. The molecule has 1 heterocycles. The first-order valence-corrected chi connectivity index (χ1v) is 4.88. The Morgan fingerprint density at radius 2 is 2.29 bits per heavy atom. The van der Waals surface area contributed by atoms with Crippen LogP contribution in [0.15, 0.2) is 18.3 Å². The van der Waals surface area contributed by atoms with Crippen molar-refractivity contribution in [1.82, 2.24) is 4.98 Å². The van der Waals surface area contributed by atoms with Crippen LogP contribution >= 0.6 is 0 Å². The van der Waals surface area contributed by atoms with E-state index in [0.717, 1.165) is 12.8 Å². The quantitative estimate of drug-likeness (QED) is 0.758. The Bertz CT molecular complexity index is 288. The summed E-state index contributed by atoms with van der Waals surface area (Å²) in [7, 11) is 0. The van der Waals surface area contributed by atoms with E-state index in [0.29, 0.717) is 6.42 Å². The van der Waals surface area contributed by atoms with Gasteiger partial charge in [-0.15, -0.1) is 0 Å². The number of aromatic amines is 1. The largest absolute Gasteiger partial charge is 0.481 e. The first-order chi connectivity index (χ1) is 6.52. The van der Waals surface area contributed by atoms with Crippen molar-refractivity contribution < 1.29 is 9.90 Å². The first kappa shape index (κ1) is 10.8. The number of aromatic nitrogens is 1. The van der Waals surface area contributed by atoms with Gasteiger partial charge in [-0.3, -0.25) is 4.79 Å². The molecule has 0 aliphatic heterocycles. The van der Waals surface area contributed by atoms with Gasteiger partial charge < -0.3 is 10.1 Å². The van der Waals surface area contributed by atoms with Crippen LogP contribution in [0.5, 0.6) is 0 Å². The van der Waals surface area contributed by atoms with Gasteiger partial charge in [-0.25, -0.2) is 0 Å². The maximum atomic E-state index is 10.8. The topological polar surface area (TPSA) is 53.1 Å². The maximum Gasteiger partial charge on any atom is 0.309 e. The van der Waals surface area contributed by atoms with Crippen molar-refractivity contribution in [2.24, 2.45) is 5.41 Å². The highest BCUT2D eigenvalue weighted by Gasteiger charge is 2.25. The zero-order chi connectivity index (χ0) is 10.6. The van der Waals surface area contributed by atoms with E-state index < -0.39 is 11.4 Å². The summed E-state index contributed by atoms with van der Waals surface area (Å²) in [6.45, 7) is 3.54. The highest BCUT2D eigenvalue weighted by atomic mass is 16.4. The average Bonchev–Trinajstić information content (AvgIpc) is 2.56. The molecule has 1 rings (SSSR count). The molecule has 0 aliphatic carbocycles. The smallest absolute Gasteiger partial charge is 0.309 e. The minimum absolute atomic E-state index is 0.605. The number of aryl methyl sites for hydroxylation is 1. The van der Waals surface area contributed by atoms with E-state index in [9.17, 15) is 4.79 Å². The van der Waals surface area contributed by atoms with Crippen LogP contribution in [0.1, 0.15) is 32.4 Å². The average molecular weight is 195 g/mol. The van der Waals surface area contributed by atoms with E-state index in [2.05, 4.69) is 4.98 Å². The van der Waals surface area contributed by atoms with Crippen LogP contribution in [0.2, 0.25) is 0 Å². The SMILES string of the molecule is CC(C)(CCCc1ccc[nH]1)C(=O)O. The van der Waals surface area contributed by atoms with Crippen molar-refractivity contribution in [2.75, 3.05) is 0 Å². The molecular formula is C11H17NO2. The Hall–Kier alpha value is -1.25. The molecule has 2 N–H and O–H groups in total. The number of carboxylic acid groups (broad SMARTS) is 1. The monoisotopic (exact) mass is 195 g/mol. The molecule has 14 heavy (non-hydrogen) atoms. The predicted octanol–water partition coefficient (Wildman–Crippen LogP) is 2.45. The number of H-pyrrole nitrogens is 1. The third-order valence-electron chi connectivity index (χ3n) is 2.49. The minimum Gasteiger partial charge on any atom is -0.481 e. The third kappa shape index (κ3) is 2.91. The van der Waals surface area contributed by atoms with E-state index in [1.54, 1.807) is 13.8 Å². The van der Waals surface area contributed by atoms with Crippen molar-refractivity contribution in [1.29, 1.82) is 0 Å². The second kappa shape index (κ2) is 4.31. The Morgan fingerprint density at radius 3 is 2.79 bits per heavy atom. The van der Waals surface area contributed by atoms with Crippen LogP contribution in [-0.4, -0.2) is 16.1 Å². The number of carbonyl (C=O) groups is 1. The van der Waals surface area contributed by atoms with E-state index in [1.165, 1.54) is 5.69 Å². The van der Waals surface area contributed by atoms with Gasteiger partial charge in [0.25, 0.3) is 0 Å². The molecule has 0 fully saturated rings. The fourth-order valence-electron chi connectivity index (χ4n) is 1.35. The van der Waals surface area contributed by atoms with E-state index >= 15 is 0 Å². The lowest BCUT2D eigenvalue weighted by Crippen LogP contribution is -2.23. The first-order valence-electron chi connectivity index (χ1n) is 4.88. The van der Waals surface area contributed by atoms with Crippen LogP contribution < -0.4 is 0 Å². The van der Waals surface area contributed by atoms with Gasteiger partial charge in [0.15, 0.2) is 0 Å². The zero-order valence-electron chi connectivity index (χ0n) is 8.71. The van der Waals surface area contributed by atoms with Gasteiger partial charge in [0.1, 0.15) is 0 Å². The van der Waals surface area contributed by atoms with E-state index in [-0.39, 0.29) is 0 Å². The molecule has 3 heteroatoms. The molecule has 0 saturated heterocycles. The Kier molecular flexibility index (Phi) is 3.33. The highest BCUT2D eigenvalue weighted by molar-refractivity contribution is 5.73. The van der Waals surface area contributed by atoms with Crippen LogP contribution in [-0.2, 0) is 11.2 Å². The fourth-order valence-corrected chi connectivity index (χ4v) is 1.35. The molecular weight excluding hydrogens is 178 g/mol. The minimum atomic E-state index is -0.719. The second-order valence-electron chi connectivity index (χ2n) is 4.24. The van der Waals surface area contributed by atoms with Gasteiger partial charge >= 0.3 is 5.97 Å². The molecule has 0 atom stereocenters. The number of rotatable bonds is 5. The summed E-state index contributed by atoms with van der Waals surface area (Å²) in [5.74, 6) is -0.719. The van der Waals surface area contributed by atoms with Crippen LogP contribution in [0.3, 0.4) is 0 Å². The van der Waals surface area contributed by atoms with Crippen molar-refractivity contribution >= 4 is 5.97 Å². The summed E-state index contributed by atoms with van der Waals surface area (Å²) < 4.78 is 0. The van der Waals surface area contributed by atoms with Gasteiger partial charge in [0.2, 0.25) is 0 Å². The molecule has 1 aromatic rings. The normalized spacial score (nSPS) is 11.6. The lowest BCUT2D eigenvalue weighted by Gasteiger charge is -2.18. The highest BCUT2D eigenvalue weighted by Crippen LogP contribution is 2.23. The number of carboxylic acids is 1. The summed E-state index contributed by atoms with van der Waals surface area (Å²) in [5, 5.41) is 8.89. The van der Waals surface area contributed by atoms with Crippen LogP contribution in [0.25, 0.3) is 0 Å². The Balaban J connectivity index is 2.31. The van der Waals surface area contributed by atoms with Gasteiger partial charge in [0, 0.05) is 11.9 Å². The molecule has 1 aromatic heterocycles. The fraction of sp³-hybridized carbons (Fsp3) is 0.545. The summed E-state index contributed by atoms with van der Waals surface area (Å²) in [6, 6.07) is 3.98. The third-order valence-corrected chi connectivity index (χ3v) is 2.49. The van der Waals surface area contributed by atoms with Gasteiger partial charge in [0.05, 0.1) is 5.41 Å². The van der Waals surface area contributed by atoms with Gasteiger partial charge in [-0.05, 0) is 45.2 Å². The van der Waals surface area contributed by atoms with Gasteiger partial charge in [-0.1, -0.05) is 0 Å². The molecule has 0 radical (unpaired) electrons. The zero-order valence-corrected chi connectivity index (χ0v) is 8.71. The number of hydrogen-bond donors (Lipinski definition) is 2. The Morgan fingerprint density at radius 1 is 1.57 bits per heavy atom. The molecule has 78 valence electrons. The van der Waals surface area contributed by atoms with Crippen molar-refractivity contribution in [3.8, 4) is 0 Å². The molecule has 0 amide bonds. The van der Waals surface area contributed by atoms with E-state index in [1.807, 2.05) is 18.3 Å². The Labute approximate surface area is 84.2 Å². The van der Waals surface area contributed by atoms with Crippen molar-refractivity contribution in [2.45, 2.75) is 33.1 Å². The van der Waals surface area contributed by atoms with Crippen LogP contribution in [0.4, 0.5) is 0 Å². The van der Waals surface area contributed by atoms with Crippen LogP contribution in [0, 0.1) is 5.41 Å². The molecule has 0 aromatic carbocycles. The predicted molar refractivity (Wildman–Crippen MR) is 55.1 cm³/mol. The number of aliphatic carboxylic acids is 1. The number of hydrogen-bond acceptors (Lipinski definition) is 1. The van der Waals surface area contributed by atoms with Crippen molar-refractivity contribution in [3.63, 3.8) is 0 Å². The summed E-state index contributed by atoms with van der Waals surface area (Å²) in [5.41, 5.74) is 0.568. The molecule has 0 bridgehead atoms. The summed E-state index contributed by atoms with van der Waals surface area (Å²) >= 11 is 0. The maximum absolute atomic E-state index is 10.8. The lowest BCUT2D eigenvalue weighted by atomic mass is 9.87. The number of nitrogens with one attached hydrogen (secondary N) is 1. The van der Waals surface area contributed by atoms with Crippen molar-refractivity contribution in [3.05, 3.63) is 24.0 Å².